The van der Waals surface area contributed by atoms with Gasteiger partial charge >= 0.3 is 0 Å². The summed E-state index contributed by atoms with van der Waals surface area (Å²) in [6.45, 7) is 3.75. The second-order valence-corrected chi connectivity index (χ2v) is 5.42. The van der Waals surface area contributed by atoms with Crippen molar-refractivity contribution in [3.63, 3.8) is 0 Å². The molecular weight excluding hydrogens is 311 g/mol. The molecule has 2 aromatic rings. The predicted octanol–water partition coefficient (Wildman–Crippen LogP) is 3.58. The van der Waals surface area contributed by atoms with Crippen LogP contribution in [0.5, 0.6) is 5.75 Å². The van der Waals surface area contributed by atoms with Gasteiger partial charge in [-0.05, 0) is 38.1 Å². The number of rotatable bonds is 6. The second kappa shape index (κ2) is 8.10. The standard InChI is InChI=1S/C18H19FN2O3/c1-12(2)24-16-10-6-5-9-15(16)21-18(23)11-17(22)20-14-8-4-3-7-13(14)19/h3-10,12H,11H2,1-2H3,(H,20,22)(H,21,23). The van der Waals surface area contributed by atoms with Crippen LogP contribution in [0.3, 0.4) is 0 Å². The van der Waals surface area contributed by atoms with Crippen LogP contribution in [-0.2, 0) is 9.59 Å². The van der Waals surface area contributed by atoms with Crippen LogP contribution in [0.4, 0.5) is 15.8 Å². The molecule has 0 bridgehead atoms. The van der Waals surface area contributed by atoms with Crippen LogP contribution in [-0.4, -0.2) is 17.9 Å². The third kappa shape index (κ3) is 5.08. The quantitative estimate of drug-likeness (QED) is 0.796. The summed E-state index contributed by atoms with van der Waals surface area (Å²) in [5, 5.41) is 5.00. The maximum Gasteiger partial charge on any atom is 0.233 e. The maximum atomic E-state index is 13.5. The fraction of sp³-hybridized carbons (Fsp3) is 0.222. The summed E-state index contributed by atoms with van der Waals surface area (Å²) in [5.74, 6) is -1.14. The summed E-state index contributed by atoms with van der Waals surface area (Å²) in [7, 11) is 0. The van der Waals surface area contributed by atoms with Gasteiger partial charge in [-0.1, -0.05) is 24.3 Å². The van der Waals surface area contributed by atoms with Gasteiger partial charge in [0, 0.05) is 0 Å². The van der Waals surface area contributed by atoms with E-state index in [0.29, 0.717) is 11.4 Å². The van der Waals surface area contributed by atoms with E-state index in [1.54, 1.807) is 30.3 Å². The molecule has 6 heteroatoms. The zero-order valence-electron chi connectivity index (χ0n) is 13.5. The Morgan fingerprint density at radius 1 is 0.958 bits per heavy atom. The molecule has 0 heterocycles. The fourth-order valence-electron chi connectivity index (χ4n) is 2.02. The van der Waals surface area contributed by atoms with Crippen LogP contribution in [0.1, 0.15) is 20.3 Å². The number of benzene rings is 2. The first-order valence-corrected chi connectivity index (χ1v) is 7.55. The minimum absolute atomic E-state index is 0.0406. The van der Waals surface area contributed by atoms with E-state index in [1.165, 1.54) is 18.2 Å². The van der Waals surface area contributed by atoms with Crippen molar-refractivity contribution < 1.29 is 18.7 Å². The van der Waals surface area contributed by atoms with E-state index in [2.05, 4.69) is 10.6 Å². The minimum Gasteiger partial charge on any atom is -0.489 e. The number of para-hydroxylation sites is 3. The first-order valence-electron chi connectivity index (χ1n) is 7.55. The smallest absolute Gasteiger partial charge is 0.233 e. The normalized spacial score (nSPS) is 10.3. The van der Waals surface area contributed by atoms with E-state index < -0.39 is 24.1 Å². The van der Waals surface area contributed by atoms with Crippen molar-refractivity contribution >= 4 is 23.2 Å². The summed E-state index contributed by atoms with van der Waals surface area (Å²) in [5.41, 5.74) is 0.522. The summed E-state index contributed by atoms with van der Waals surface area (Å²) in [6.07, 6.45) is -0.475. The van der Waals surface area contributed by atoms with Crippen molar-refractivity contribution in [3.05, 3.63) is 54.3 Å². The third-order valence-corrected chi connectivity index (χ3v) is 2.99. The van der Waals surface area contributed by atoms with E-state index in [1.807, 2.05) is 13.8 Å². The Kier molecular flexibility index (Phi) is 5.89. The molecule has 2 rings (SSSR count). The zero-order chi connectivity index (χ0) is 17.5. The van der Waals surface area contributed by atoms with Gasteiger partial charge in [-0.2, -0.15) is 0 Å². The topological polar surface area (TPSA) is 67.4 Å². The molecule has 5 nitrogen and oxygen atoms in total. The van der Waals surface area contributed by atoms with Crippen LogP contribution < -0.4 is 15.4 Å². The Balaban J connectivity index is 1.96. The molecule has 0 fully saturated rings. The molecule has 0 saturated carbocycles. The van der Waals surface area contributed by atoms with Gasteiger partial charge in [0.05, 0.1) is 17.5 Å². The van der Waals surface area contributed by atoms with Gasteiger partial charge in [-0.25, -0.2) is 4.39 Å². The van der Waals surface area contributed by atoms with E-state index >= 15 is 0 Å². The number of carbonyl (C=O) groups excluding carboxylic acids is 2. The molecule has 0 aliphatic carbocycles. The predicted molar refractivity (Wildman–Crippen MR) is 90.5 cm³/mol. The monoisotopic (exact) mass is 330 g/mol. The van der Waals surface area contributed by atoms with Crippen molar-refractivity contribution in [3.8, 4) is 5.75 Å². The van der Waals surface area contributed by atoms with E-state index in [4.69, 9.17) is 4.74 Å². The lowest BCUT2D eigenvalue weighted by atomic mass is 10.2. The Morgan fingerprint density at radius 3 is 2.12 bits per heavy atom. The first-order chi connectivity index (χ1) is 11.5. The van der Waals surface area contributed by atoms with Gasteiger partial charge in [0.2, 0.25) is 11.8 Å². The Hall–Kier alpha value is -2.89. The van der Waals surface area contributed by atoms with Crippen molar-refractivity contribution in [2.45, 2.75) is 26.4 Å². The van der Waals surface area contributed by atoms with Gasteiger partial charge in [-0.15, -0.1) is 0 Å². The van der Waals surface area contributed by atoms with E-state index in [-0.39, 0.29) is 11.8 Å². The average molecular weight is 330 g/mol. The van der Waals surface area contributed by atoms with Crippen molar-refractivity contribution in [1.82, 2.24) is 0 Å². The number of hydrogen-bond acceptors (Lipinski definition) is 3. The molecule has 0 atom stereocenters. The van der Waals surface area contributed by atoms with Crippen LogP contribution in [0.15, 0.2) is 48.5 Å². The van der Waals surface area contributed by atoms with Gasteiger partial charge in [0.15, 0.2) is 0 Å². The van der Waals surface area contributed by atoms with Crippen LogP contribution in [0, 0.1) is 5.82 Å². The van der Waals surface area contributed by atoms with Gasteiger partial charge < -0.3 is 15.4 Å². The number of nitrogens with one attached hydrogen (secondary N) is 2. The van der Waals surface area contributed by atoms with Crippen LogP contribution >= 0.6 is 0 Å². The molecule has 2 amide bonds. The number of hydrogen-bond donors (Lipinski definition) is 2. The highest BCUT2D eigenvalue weighted by Crippen LogP contribution is 2.25. The highest BCUT2D eigenvalue weighted by Gasteiger charge is 2.14. The first kappa shape index (κ1) is 17.5. The SMILES string of the molecule is CC(C)Oc1ccccc1NC(=O)CC(=O)Nc1ccccc1F. The number of anilines is 2. The van der Waals surface area contributed by atoms with Gasteiger partial charge in [-0.3, -0.25) is 9.59 Å². The molecule has 0 aliphatic rings. The molecule has 0 saturated heterocycles. The fourth-order valence-corrected chi connectivity index (χ4v) is 2.02. The molecular formula is C18H19FN2O3. The molecule has 0 unspecified atom stereocenters. The molecule has 2 N–H and O–H groups in total. The Labute approximate surface area is 139 Å². The third-order valence-electron chi connectivity index (χ3n) is 2.99. The number of amides is 2. The number of ether oxygens (including phenoxy) is 1. The lowest BCUT2D eigenvalue weighted by Crippen LogP contribution is -2.22. The Bertz CT molecular complexity index is 732. The molecule has 0 radical (unpaired) electrons. The zero-order valence-corrected chi connectivity index (χ0v) is 13.5. The molecule has 24 heavy (non-hydrogen) atoms. The Morgan fingerprint density at radius 2 is 1.50 bits per heavy atom. The summed E-state index contributed by atoms with van der Waals surface area (Å²) >= 11 is 0. The van der Waals surface area contributed by atoms with E-state index in [0.717, 1.165) is 0 Å². The maximum absolute atomic E-state index is 13.5. The lowest BCUT2D eigenvalue weighted by molar-refractivity contribution is -0.123. The van der Waals surface area contributed by atoms with Crippen LogP contribution in [0.2, 0.25) is 0 Å². The highest BCUT2D eigenvalue weighted by atomic mass is 19.1. The van der Waals surface area contributed by atoms with Gasteiger partial charge in [0.25, 0.3) is 0 Å². The summed E-state index contributed by atoms with van der Waals surface area (Å²) < 4.78 is 19.1. The largest absolute Gasteiger partial charge is 0.489 e. The summed E-state index contributed by atoms with van der Waals surface area (Å²) in [4.78, 5) is 23.9. The van der Waals surface area contributed by atoms with E-state index in [9.17, 15) is 14.0 Å². The number of halogens is 1. The van der Waals surface area contributed by atoms with Crippen molar-refractivity contribution in [2.75, 3.05) is 10.6 Å². The summed E-state index contributed by atoms with van der Waals surface area (Å²) in [6, 6.07) is 12.7. The lowest BCUT2D eigenvalue weighted by Gasteiger charge is -2.14. The highest BCUT2D eigenvalue weighted by molar-refractivity contribution is 6.08. The van der Waals surface area contributed by atoms with Crippen LogP contribution in [0.25, 0.3) is 0 Å². The van der Waals surface area contributed by atoms with Crippen molar-refractivity contribution in [2.24, 2.45) is 0 Å². The molecule has 2 aromatic carbocycles. The van der Waals surface area contributed by atoms with Gasteiger partial charge in [0.1, 0.15) is 18.0 Å². The minimum atomic E-state index is -0.597. The molecule has 0 spiro atoms. The molecule has 0 aromatic heterocycles. The second-order valence-electron chi connectivity index (χ2n) is 5.42. The number of carbonyl (C=O) groups is 2. The molecule has 126 valence electrons. The average Bonchev–Trinajstić information content (AvgIpc) is 2.51. The van der Waals surface area contributed by atoms with Crippen molar-refractivity contribution in [1.29, 1.82) is 0 Å². The molecule has 0 aliphatic heterocycles.